The molecule has 3 atom stereocenters. The molecule has 0 bridgehead atoms. The Labute approximate surface area is 53.6 Å². The summed E-state index contributed by atoms with van der Waals surface area (Å²) in [6.07, 6.45) is -1.14. The highest BCUT2D eigenvalue weighted by molar-refractivity contribution is 4.78. The van der Waals surface area contributed by atoms with Gasteiger partial charge in [-0.05, 0) is 6.92 Å². The molecule has 0 aliphatic carbocycles. The SMILES string of the molecule is CC1OC(CO)C[C@H]1F. The van der Waals surface area contributed by atoms with Crippen molar-refractivity contribution in [2.45, 2.75) is 31.7 Å². The van der Waals surface area contributed by atoms with Crippen molar-refractivity contribution < 1.29 is 14.2 Å². The van der Waals surface area contributed by atoms with Crippen LogP contribution in [0.3, 0.4) is 0 Å². The number of alkyl halides is 1. The summed E-state index contributed by atoms with van der Waals surface area (Å²) < 4.78 is 17.5. The molecule has 0 aromatic rings. The molecule has 0 aromatic heterocycles. The number of ether oxygens (including phenoxy) is 1. The second-order valence-electron chi connectivity index (χ2n) is 2.40. The predicted octanol–water partition coefficient (Wildman–Crippen LogP) is 0.494. The lowest BCUT2D eigenvalue weighted by Crippen LogP contribution is -2.12. The Bertz CT molecular complexity index is 87.1. The van der Waals surface area contributed by atoms with E-state index >= 15 is 0 Å². The van der Waals surface area contributed by atoms with Gasteiger partial charge in [-0.2, -0.15) is 0 Å². The van der Waals surface area contributed by atoms with Crippen molar-refractivity contribution in [1.29, 1.82) is 0 Å². The molecule has 54 valence electrons. The first-order chi connectivity index (χ1) is 4.24. The van der Waals surface area contributed by atoms with Gasteiger partial charge in [0.25, 0.3) is 0 Å². The molecule has 0 aromatic carbocycles. The second kappa shape index (κ2) is 2.62. The van der Waals surface area contributed by atoms with Gasteiger partial charge in [-0.1, -0.05) is 0 Å². The highest BCUT2D eigenvalue weighted by Gasteiger charge is 2.31. The highest BCUT2D eigenvalue weighted by Crippen LogP contribution is 2.21. The molecule has 9 heavy (non-hydrogen) atoms. The fourth-order valence-corrected chi connectivity index (χ4v) is 1.00. The van der Waals surface area contributed by atoms with E-state index in [0.29, 0.717) is 6.42 Å². The molecule has 1 rings (SSSR count). The largest absolute Gasteiger partial charge is 0.394 e. The fourth-order valence-electron chi connectivity index (χ4n) is 1.00. The average Bonchev–Trinajstić information content (AvgIpc) is 2.13. The summed E-state index contributed by atoms with van der Waals surface area (Å²) in [7, 11) is 0. The molecule has 1 heterocycles. The van der Waals surface area contributed by atoms with Gasteiger partial charge < -0.3 is 9.84 Å². The van der Waals surface area contributed by atoms with Crippen molar-refractivity contribution in [3.63, 3.8) is 0 Å². The number of hydrogen-bond donors (Lipinski definition) is 1. The Morgan fingerprint density at radius 1 is 1.78 bits per heavy atom. The van der Waals surface area contributed by atoms with Crippen LogP contribution in [0.1, 0.15) is 13.3 Å². The number of aliphatic hydroxyl groups excluding tert-OH is 1. The van der Waals surface area contributed by atoms with E-state index in [2.05, 4.69) is 0 Å². The van der Waals surface area contributed by atoms with E-state index in [0.717, 1.165) is 0 Å². The van der Waals surface area contributed by atoms with Crippen LogP contribution in [0.4, 0.5) is 4.39 Å². The molecule has 0 amide bonds. The predicted molar refractivity (Wildman–Crippen MR) is 30.9 cm³/mol. The number of aliphatic hydroxyl groups is 1. The van der Waals surface area contributed by atoms with Crippen LogP contribution in [-0.4, -0.2) is 30.1 Å². The van der Waals surface area contributed by atoms with Crippen molar-refractivity contribution >= 4 is 0 Å². The Morgan fingerprint density at radius 3 is 2.67 bits per heavy atom. The van der Waals surface area contributed by atoms with Crippen LogP contribution in [0.5, 0.6) is 0 Å². The first-order valence-corrected chi connectivity index (χ1v) is 3.14. The first-order valence-electron chi connectivity index (χ1n) is 3.14. The molecule has 1 aliphatic rings. The van der Waals surface area contributed by atoms with Crippen LogP contribution in [0.2, 0.25) is 0 Å². The Morgan fingerprint density at radius 2 is 2.44 bits per heavy atom. The summed E-state index contributed by atoms with van der Waals surface area (Å²) >= 11 is 0. The normalized spacial score (nSPS) is 43.7. The third kappa shape index (κ3) is 1.40. The molecule has 0 spiro atoms. The number of halogens is 1. The van der Waals surface area contributed by atoms with Gasteiger partial charge in [0.05, 0.1) is 18.8 Å². The molecule has 2 unspecified atom stereocenters. The van der Waals surface area contributed by atoms with Crippen LogP contribution >= 0.6 is 0 Å². The van der Waals surface area contributed by atoms with Crippen molar-refractivity contribution in [3.8, 4) is 0 Å². The van der Waals surface area contributed by atoms with Gasteiger partial charge in [-0.15, -0.1) is 0 Å². The first kappa shape index (κ1) is 6.96. The molecule has 0 radical (unpaired) electrons. The topological polar surface area (TPSA) is 29.5 Å². The van der Waals surface area contributed by atoms with Crippen LogP contribution in [0, 0.1) is 0 Å². The molecule has 1 N–H and O–H groups in total. The van der Waals surface area contributed by atoms with E-state index in [4.69, 9.17) is 9.84 Å². The molecule has 1 fully saturated rings. The maximum Gasteiger partial charge on any atom is 0.128 e. The van der Waals surface area contributed by atoms with E-state index < -0.39 is 6.17 Å². The van der Waals surface area contributed by atoms with Crippen molar-refractivity contribution in [2.75, 3.05) is 6.61 Å². The zero-order valence-corrected chi connectivity index (χ0v) is 5.38. The van der Waals surface area contributed by atoms with Crippen LogP contribution in [0.25, 0.3) is 0 Å². The molecule has 1 saturated heterocycles. The summed E-state index contributed by atoms with van der Waals surface area (Å²) in [5.41, 5.74) is 0. The van der Waals surface area contributed by atoms with Gasteiger partial charge in [0.1, 0.15) is 6.17 Å². The highest BCUT2D eigenvalue weighted by atomic mass is 19.1. The van der Waals surface area contributed by atoms with Gasteiger partial charge in [0, 0.05) is 6.42 Å². The zero-order valence-electron chi connectivity index (χ0n) is 5.38. The molecular weight excluding hydrogens is 123 g/mol. The Balaban J connectivity index is 2.35. The lowest BCUT2D eigenvalue weighted by atomic mass is 10.2. The molecule has 3 heteroatoms. The summed E-state index contributed by atoms with van der Waals surface area (Å²) in [6, 6.07) is 0. The molecular formula is C6H11FO2. The minimum atomic E-state index is -0.887. The van der Waals surface area contributed by atoms with Gasteiger partial charge >= 0.3 is 0 Å². The molecule has 0 saturated carbocycles. The van der Waals surface area contributed by atoms with E-state index in [9.17, 15) is 4.39 Å². The average molecular weight is 134 g/mol. The lowest BCUT2D eigenvalue weighted by Gasteiger charge is -2.05. The summed E-state index contributed by atoms with van der Waals surface area (Å²) in [5.74, 6) is 0. The fraction of sp³-hybridized carbons (Fsp3) is 1.00. The van der Waals surface area contributed by atoms with Gasteiger partial charge in [-0.3, -0.25) is 0 Å². The summed E-state index contributed by atoms with van der Waals surface area (Å²) in [5, 5.41) is 8.51. The van der Waals surface area contributed by atoms with Gasteiger partial charge in [0.2, 0.25) is 0 Å². The number of hydrogen-bond acceptors (Lipinski definition) is 2. The van der Waals surface area contributed by atoms with Crippen LogP contribution in [-0.2, 0) is 4.74 Å². The monoisotopic (exact) mass is 134 g/mol. The zero-order chi connectivity index (χ0) is 6.85. The number of rotatable bonds is 1. The van der Waals surface area contributed by atoms with Crippen LogP contribution < -0.4 is 0 Å². The van der Waals surface area contributed by atoms with Crippen LogP contribution in [0.15, 0.2) is 0 Å². The Hall–Kier alpha value is -0.150. The molecule has 2 nitrogen and oxygen atoms in total. The molecule has 1 aliphatic heterocycles. The third-order valence-electron chi connectivity index (χ3n) is 1.61. The van der Waals surface area contributed by atoms with Crippen molar-refractivity contribution in [1.82, 2.24) is 0 Å². The van der Waals surface area contributed by atoms with Gasteiger partial charge in [-0.25, -0.2) is 4.39 Å². The second-order valence-corrected chi connectivity index (χ2v) is 2.40. The summed E-state index contributed by atoms with van der Waals surface area (Å²) in [4.78, 5) is 0. The van der Waals surface area contributed by atoms with Crippen molar-refractivity contribution in [2.24, 2.45) is 0 Å². The maximum atomic E-state index is 12.5. The third-order valence-corrected chi connectivity index (χ3v) is 1.61. The van der Waals surface area contributed by atoms with Crippen molar-refractivity contribution in [3.05, 3.63) is 0 Å². The van der Waals surface area contributed by atoms with E-state index in [-0.39, 0.29) is 18.8 Å². The smallest absolute Gasteiger partial charge is 0.128 e. The van der Waals surface area contributed by atoms with E-state index in [1.165, 1.54) is 0 Å². The lowest BCUT2D eigenvalue weighted by molar-refractivity contribution is 0.0110. The van der Waals surface area contributed by atoms with E-state index in [1.807, 2.05) is 0 Å². The van der Waals surface area contributed by atoms with E-state index in [1.54, 1.807) is 6.92 Å². The Kier molecular flexibility index (Phi) is 2.03. The minimum absolute atomic E-state index is 0.0647. The minimum Gasteiger partial charge on any atom is -0.394 e. The standard InChI is InChI=1S/C6H11FO2/c1-4-6(7)2-5(3-8)9-4/h4-6,8H,2-3H2,1H3/t4?,5?,6-/m1/s1. The summed E-state index contributed by atoms with van der Waals surface area (Å²) in [6.45, 7) is 1.62. The van der Waals surface area contributed by atoms with Gasteiger partial charge in [0.15, 0.2) is 0 Å². The quantitative estimate of drug-likeness (QED) is 0.565. The maximum absolute atomic E-state index is 12.5.